The Labute approximate surface area is 109 Å². The zero-order valence-corrected chi connectivity index (χ0v) is 10.6. The number of oxazole rings is 1. The van der Waals surface area contributed by atoms with Gasteiger partial charge in [0.25, 0.3) is 0 Å². The Morgan fingerprint density at radius 1 is 1.47 bits per heavy atom. The number of aliphatic carboxylic acids is 1. The van der Waals surface area contributed by atoms with Crippen molar-refractivity contribution in [1.29, 1.82) is 0 Å². The molecule has 100 valence electrons. The van der Waals surface area contributed by atoms with E-state index in [2.05, 4.69) is 10.3 Å². The number of rotatable bonds is 4. The van der Waals surface area contributed by atoms with Crippen LogP contribution in [-0.2, 0) is 9.59 Å². The minimum absolute atomic E-state index is 0.179. The van der Waals surface area contributed by atoms with E-state index >= 15 is 0 Å². The van der Waals surface area contributed by atoms with Gasteiger partial charge in [0, 0.05) is 13.8 Å². The highest BCUT2D eigenvalue weighted by atomic mass is 16.4. The molecule has 1 aromatic heterocycles. The van der Waals surface area contributed by atoms with Gasteiger partial charge in [-0.15, -0.1) is 0 Å². The van der Waals surface area contributed by atoms with Gasteiger partial charge in [-0.05, 0) is 17.7 Å². The van der Waals surface area contributed by atoms with E-state index in [0.717, 1.165) is 0 Å². The fraction of sp³-hybridized carbons (Fsp3) is 0.308. The van der Waals surface area contributed by atoms with Crippen LogP contribution in [0.2, 0.25) is 0 Å². The number of aromatic nitrogens is 1. The normalized spacial score (nSPS) is 12.3. The number of carboxylic acids is 1. The highest BCUT2D eigenvalue weighted by Crippen LogP contribution is 2.23. The topological polar surface area (TPSA) is 92.4 Å². The Balaban J connectivity index is 2.36. The van der Waals surface area contributed by atoms with Crippen molar-refractivity contribution in [3.63, 3.8) is 0 Å². The molecule has 0 saturated carbocycles. The summed E-state index contributed by atoms with van der Waals surface area (Å²) in [4.78, 5) is 26.2. The smallest absolute Gasteiger partial charge is 0.305 e. The molecule has 1 atom stereocenters. The van der Waals surface area contributed by atoms with Crippen LogP contribution in [0.4, 0.5) is 0 Å². The van der Waals surface area contributed by atoms with E-state index in [1.807, 2.05) is 0 Å². The fourth-order valence-electron chi connectivity index (χ4n) is 1.95. The number of benzene rings is 1. The summed E-state index contributed by atoms with van der Waals surface area (Å²) in [5, 5.41) is 11.5. The van der Waals surface area contributed by atoms with Crippen LogP contribution in [-0.4, -0.2) is 22.0 Å². The largest absolute Gasteiger partial charge is 0.481 e. The number of amides is 1. The maximum atomic E-state index is 11.1. The second kappa shape index (κ2) is 5.09. The van der Waals surface area contributed by atoms with Crippen molar-refractivity contribution < 1.29 is 19.1 Å². The number of fused-ring (bicyclic) bond motifs is 1. The summed E-state index contributed by atoms with van der Waals surface area (Å²) in [5.74, 6) is -0.709. The maximum absolute atomic E-state index is 11.1. The van der Waals surface area contributed by atoms with Gasteiger partial charge in [0.15, 0.2) is 11.5 Å². The van der Waals surface area contributed by atoms with Gasteiger partial charge < -0.3 is 14.8 Å². The molecular weight excluding hydrogens is 248 g/mol. The summed E-state index contributed by atoms with van der Waals surface area (Å²) in [5.41, 5.74) is 1.98. The van der Waals surface area contributed by atoms with E-state index in [0.29, 0.717) is 22.6 Å². The SMILES string of the molecule is CC(=O)NC(CC(=O)O)c1ccc2oc(C)nc2c1. The van der Waals surface area contributed by atoms with E-state index in [9.17, 15) is 9.59 Å². The van der Waals surface area contributed by atoms with Crippen molar-refractivity contribution in [2.24, 2.45) is 0 Å². The van der Waals surface area contributed by atoms with Gasteiger partial charge in [-0.25, -0.2) is 4.98 Å². The summed E-state index contributed by atoms with van der Waals surface area (Å²) >= 11 is 0. The van der Waals surface area contributed by atoms with Gasteiger partial charge in [-0.3, -0.25) is 9.59 Å². The van der Waals surface area contributed by atoms with Crippen LogP contribution >= 0.6 is 0 Å². The summed E-state index contributed by atoms with van der Waals surface area (Å²) in [6.45, 7) is 3.09. The molecule has 1 heterocycles. The second-order valence-electron chi connectivity index (χ2n) is 4.31. The molecule has 6 nitrogen and oxygen atoms in total. The molecule has 1 unspecified atom stereocenters. The maximum Gasteiger partial charge on any atom is 0.305 e. The molecule has 1 amide bonds. The predicted octanol–water partition coefficient (Wildman–Crippen LogP) is 1.79. The molecule has 19 heavy (non-hydrogen) atoms. The first-order valence-electron chi connectivity index (χ1n) is 5.81. The first-order chi connectivity index (χ1) is 8.95. The molecule has 2 N–H and O–H groups in total. The Morgan fingerprint density at radius 2 is 2.21 bits per heavy atom. The quantitative estimate of drug-likeness (QED) is 0.876. The lowest BCUT2D eigenvalue weighted by molar-refractivity contribution is -0.137. The first-order valence-corrected chi connectivity index (χ1v) is 5.81. The molecule has 1 aromatic carbocycles. The van der Waals surface area contributed by atoms with Crippen LogP contribution < -0.4 is 5.32 Å². The molecule has 0 radical (unpaired) electrons. The van der Waals surface area contributed by atoms with E-state index in [-0.39, 0.29) is 12.3 Å². The third kappa shape index (κ3) is 3.09. The number of hydrogen-bond donors (Lipinski definition) is 2. The molecular formula is C13H14N2O4. The summed E-state index contributed by atoms with van der Waals surface area (Å²) < 4.78 is 5.35. The average molecular weight is 262 g/mol. The van der Waals surface area contributed by atoms with Crippen molar-refractivity contribution in [2.75, 3.05) is 0 Å². The molecule has 0 aliphatic carbocycles. The third-order valence-electron chi connectivity index (χ3n) is 2.68. The molecule has 0 spiro atoms. The van der Waals surface area contributed by atoms with Gasteiger partial charge >= 0.3 is 5.97 Å². The van der Waals surface area contributed by atoms with Gasteiger partial charge in [0.2, 0.25) is 5.91 Å². The lowest BCUT2D eigenvalue weighted by Crippen LogP contribution is -2.27. The third-order valence-corrected chi connectivity index (χ3v) is 2.68. The van der Waals surface area contributed by atoms with Crippen LogP contribution in [0.15, 0.2) is 22.6 Å². The molecule has 2 aromatic rings. The highest BCUT2D eigenvalue weighted by Gasteiger charge is 2.17. The van der Waals surface area contributed by atoms with Crippen molar-refractivity contribution in [2.45, 2.75) is 26.3 Å². The molecule has 2 rings (SSSR count). The lowest BCUT2D eigenvalue weighted by Gasteiger charge is -2.16. The number of aryl methyl sites for hydroxylation is 1. The number of carbonyl (C=O) groups excluding carboxylic acids is 1. The molecule has 0 saturated heterocycles. The number of hydrogen-bond acceptors (Lipinski definition) is 4. The Bertz CT molecular complexity index is 617. The molecule has 0 bridgehead atoms. The van der Waals surface area contributed by atoms with Crippen molar-refractivity contribution >= 4 is 23.0 Å². The zero-order chi connectivity index (χ0) is 14.0. The zero-order valence-electron chi connectivity index (χ0n) is 10.6. The van der Waals surface area contributed by atoms with E-state index < -0.39 is 12.0 Å². The Kier molecular flexibility index (Phi) is 3.50. The van der Waals surface area contributed by atoms with E-state index in [1.54, 1.807) is 25.1 Å². The standard InChI is InChI=1S/C13H14N2O4/c1-7(16)14-10(6-13(17)18)9-3-4-12-11(5-9)15-8(2)19-12/h3-5,10H,6H2,1-2H3,(H,14,16)(H,17,18). The predicted molar refractivity (Wildman–Crippen MR) is 67.6 cm³/mol. The number of nitrogens with zero attached hydrogens (tertiary/aromatic N) is 1. The van der Waals surface area contributed by atoms with Crippen LogP contribution in [0, 0.1) is 6.92 Å². The van der Waals surface area contributed by atoms with Gasteiger partial charge in [0.05, 0.1) is 12.5 Å². The molecule has 6 heteroatoms. The monoisotopic (exact) mass is 262 g/mol. The van der Waals surface area contributed by atoms with Crippen LogP contribution in [0.25, 0.3) is 11.1 Å². The van der Waals surface area contributed by atoms with Crippen LogP contribution in [0.5, 0.6) is 0 Å². The van der Waals surface area contributed by atoms with Crippen molar-refractivity contribution in [3.8, 4) is 0 Å². The van der Waals surface area contributed by atoms with Gasteiger partial charge in [-0.2, -0.15) is 0 Å². The molecule has 0 fully saturated rings. The van der Waals surface area contributed by atoms with E-state index in [4.69, 9.17) is 9.52 Å². The number of carbonyl (C=O) groups is 2. The Hall–Kier alpha value is -2.37. The van der Waals surface area contributed by atoms with Gasteiger partial charge in [0.1, 0.15) is 5.52 Å². The lowest BCUT2D eigenvalue weighted by atomic mass is 10.0. The summed E-state index contributed by atoms with van der Waals surface area (Å²) in [7, 11) is 0. The molecule has 0 aliphatic rings. The van der Waals surface area contributed by atoms with Gasteiger partial charge in [-0.1, -0.05) is 6.07 Å². The fourth-order valence-corrected chi connectivity index (χ4v) is 1.95. The van der Waals surface area contributed by atoms with Crippen LogP contribution in [0.3, 0.4) is 0 Å². The highest BCUT2D eigenvalue weighted by molar-refractivity contribution is 5.77. The van der Waals surface area contributed by atoms with Crippen molar-refractivity contribution in [1.82, 2.24) is 10.3 Å². The number of nitrogens with one attached hydrogen (secondary N) is 1. The minimum atomic E-state index is -0.977. The number of carboxylic acid groups (broad SMARTS) is 1. The van der Waals surface area contributed by atoms with Crippen LogP contribution in [0.1, 0.15) is 30.8 Å². The second-order valence-corrected chi connectivity index (χ2v) is 4.31. The Morgan fingerprint density at radius 3 is 2.84 bits per heavy atom. The average Bonchev–Trinajstić information content (AvgIpc) is 2.65. The first kappa shape index (κ1) is 13.1. The summed E-state index contributed by atoms with van der Waals surface area (Å²) in [6, 6.07) is 4.61. The summed E-state index contributed by atoms with van der Waals surface area (Å²) in [6.07, 6.45) is -0.179. The van der Waals surface area contributed by atoms with E-state index in [1.165, 1.54) is 6.92 Å². The minimum Gasteiger partial charge on any atom is -0.481 e. The van der Waals surface area contributed by atoms with Crippen molar-refractivity contribution in [3.05, 3.63) is 29.7 Å². The molecule has 0 aliphatic heterocycles.